The molecule has 9 unspecified atom stereocenters. The molecule has 0 aromatic carbocycles. The summed E-state index contributed by atoms with van der Waals surface area (Å²) >= 11 is 0. The van der Waals surface area contributed by atoms with Gasteiger partial charge in [-0.15, -0.1) is 0 Å². The first-order valence-corrected chi connectivity index (χ1v) is 4.95. The van der Waals surface area contributed by atoms with Crippen LogP contribution in [0.3, 0.4) is 0 Å². The van der Waals surface area contributed by atoms with Crippen LogP contribution in [0.25, 0.3) is 0 Å². The highest BCUT2D eigenvalue weighted by molar-refractivity contribution is 5.33. The molecule has 6 aliphatic carbocycles. The van der Waals surface area contributed by atoms with E-state index in [0.717, 1.165) is 35.5 Å². The molecule has 6 saturated carbocycles. The highest BCUT2D eigenvalue weighted by Crippen LogP contribution is 2.88. The molecule has 1 N–H and O–H groups in total. The summed E-state index contributed by atoms with van der Waals surface area (Å²) in [6.07, 6.45) is 0.394. The van der Waals surface area contributed by atoms with Crippen LogP contribution >= 0.6 is 0 Å². The molecule has 0 heterocycles. The zero-order valence-corrected chi connectivity index (χ0v) is 6.27. The Bertz CT molecular complexity index is 309. The molecule has 58 valence electrons. The molecule has 0 saturated heterocycles. The van der Waals surface area contributed by atoms with Gasteiger partial charge in [0.2, 0.25) is 0 Å². The quantitative estimate of drug-likeness (QED) is 0.538. The zero-order chi connectivity index (χ0) is 7.83. The van der Waals surface area contributed by atoms with Gasteiger partial charge in [-0.05, 0) is 53.8 Å². The van der Waals surface area contributed by atoms with Gasteiger partial charge >= 0.3 is 0 Å². The summed E-state index contributed by atoms with van der Waals surface area (Å²) in [5, 5.41) is 10.1. The Morgan fingerprint density at radius 2 is 1.55 bits per heavy atom. The fourth-order valence-corrected chi connectivity index (χ4v) is 5.86. The molecular formula is C10H12O. The topological polar surface area (TPSA) is 20.2 Å². The highest BCUT2D eigenvalue weighted by Gasteiger charge is 2.86. The minimum absolute atomic E-state index is 0.410. The number of hydrogen-bond acceptors (Lipinski definition) is 1. The Morgan fingerprint density at radius 3 is 2.18 bits per heavy atom. The molecule has 1 heteroatoms. The summed E-state index contributed by atoms with van der Waals surface area (Å²) in [6, 6.07) is 0. The predicted octanol–water partition coefficient (Wildman–Crippen LogP) is 0.735. The lowest BCUT2D eigenvalue weighted by molar-refractivity contribution is -0.172. The number of hydrogen-bond donors (Lipinski definition) is 1. The van der Waals surface area contributed by atoms with Crippen molar-refractivity contribution in [3.63, 3.8) is 0 Å². The van der Waals surface area contributed by atoms with E-state index in [-0.39, 0.29) is 0 Å². The Kier molecular flexibility index (Phi) is 0.397. The average Bonchev–Trinajstić information content (AvgIpc) is 2.39. The standard InChI is InChI=1S/C10H12O/c11-10-7-3-1-2-4-5(3)9(10)8(4)6(2)7/h2-11H,1H2/i10D. The van der Waals surface area contributed by atoms with E-state index < -0.39 is 6.08 Å². The van der Waals surface area contributed by atoms with Crippen molar-refractivity contribution in [3.8, 4) is 0 Å². The van der Waals surface area contributed by atoms with Gasteiger partial charge in [0.05, 0.1) is 7.45 Å². The van der Waals surface area contributed by atoms with E-state index in [1.54, 1.807) is 0 Å². The van der Waals surface area contributed by atoms with Crippen LogP contribution < -0.4 is 0 Å². The summed E-state index contributed by atoms with van der Waals surface area (Å²) < 4.78 is 7.99. The van der Waals surface area contributed by atoms with Crippen molar-refractivity contribution in [2.45, 2.75) is 12.5 Å². The van der Waals surface area contributed by atoms with E-state index in [4.69, 9.17) is 1.37 Å². The third-order valence-electron chi connectivity index (χ3n) is 5.75. The lowest BCUT2D eigenvalue weighted by atomic mass is 9.41. The van der Waals surface area contributed by atoms with Gasteiger partial charge in [0.1, 0.15) is 0 Å². The second kappa shape index (κ2) is 1.02. The first kappa shape index (κ1) is 4.27. The van der Waals surface area contributed by atoms with Gasteiger partial charge in [-0.2, -0.15) is 0 Å². The fraction of sp³-hybridized carbons (Fsp3) is 1.00. The van der Waals surface area contributed by atoms with Crippen LogP contribution in [0.4, 0.5) is 0 Å². The SMILES string of the molecule is [2H]C1(O)C2C3CC4C5C3C1C5C42. The van der Waals surface area contributed by atoms with E-state index >= 15 is 0 Å². The largest absolute Gasteiger partial charge is 0.393 e. The predicted molar refractivity (Wildman–Crippen MR) is 38.5 cm³/mol. The van der Waals surface area contributed by atoms with Gasteiger partial charge in [-0.1, -0.05) is 0 Å². The first-order chi connectivity index (χ1) is 5.73. The van der Waals surface area contributed by atoms with E-state index in [2.05, 4.69) is 0 Å². The molecular weight excluding hydrogens is 136 g/mol. The van der Waals surface area contributed by atoms with Crippen LogP contribution in [0.5, 0.6) is 0 Å². The minimum Gasteiger partial charge on any atom is -0.393 e. The molecule has 6 fully saturated rings. The highest BCUT2D eigenvalue weighted by atomic mass is 16.3. The number of rotatable bonds is 0. The lowest BCUT2D eigenvalue weighted by Crippen LogP contribution is -2.60. The Morgan fingerprint density at radius 1 is 0.909 bits per heavy atom. The molecule has 1 nitrogen and oxygen atoms in total. The zero-order valence-electron chi connectivity index (χ0n) is 7.27. The molecule has 0 aromatic rings. The van der Waals surface area contributed by atoms with Crippen LogP contribution in [0.1, 0.15) is 7.79 Å². The maximum absolute atomic E-state index is 10.1. The van der Waals surface area contributed by atoms with Gasteiger partial charge < -0.3 is 5.11 Å². The van der Waals surface area contributed by atoms with Crippen molar-refractivity contribution < 1.29 is 6.48 Å². The van der Waals surface area contributed by atoms with Crippen molar-refractivity contribution in [1.29, 1.82) is 0 Å². The molecule has 0 amide bonds. The van der Waals surface area contributed by atoms with Crippen LogP contribution in [-0.4, -0.2) is 11.2 Å². The molecule has 6 aliphatic rings. The van der Waals surface area contributed by atoms with E-state index in [1.165, 1.54) is 6.42 Å². The molecule has 0 radical (unpaired) electrons. The summed E-state index contributed by atoms with van der Waals surface area (Å²) in [4.78, 5) is 0. The van der Waals surface area contributed by atoms with E-state index in [9.17, 15) is 5.11 Å². The van der Waals surface area contributed by atoms with Gasteiger partial charge in [0.15, 0.2) is 0 Å². The second-order valence-corrected chi connectivity index (χ2v) is 5.35. The molecule has 9 atom stereocenters. The van der Waals surface area contributed by atoms with Gasteiger partial charge in [0.25, 0.3) is 0 Å². The van der Waals surface area contributed by atoms with Crippen LogP contribution in [0.2, 0.25) is 0 Å². The maximum Gasteiger partial charge on any atom is 0.0607 e. The van der Waals surface area contributed by atoms with Crippen molar-refractivity contribution in [2.24, 2.45) is 47.3 Å². The smallest absolute Gasteiger partial charge is 0.0607 e. The van der Waals surface area contributed by atoms with Gasteiger partial charge in [0, 0.05) is 0 Å². The minimum atomic E-state index is -0.980. The molecule has 0 spiro atoms. The normalized spacial score (nSPS) is 98.8. The van der Waals surface area contributed by atoms with Crippen LogP contribution in [0.15, 0.2) is 0 Å². The summed E-state index contributed by atoms with van der Waals surface area (Å²) in [5.74, 6) is 5.98. The van der Waals surface area contributed by atoms with E-state index in [0.29, 0.717) is 11.8 Å². The monoisotopic (exact) mass is 149 g/mol. The molecule has 6 rings (SSSR count). The second-order valence-electron chi connectivity index (χ2n) is 5.35. The average molecular weight is 149 g/mol. The Labute approximate surface area is 67.2 Å². The fourth-order valence-electron chi connectivity index (χ4n) is 5.86. The summed E-state index contributed by atoms with van der Waals surface area (Å²) in [7, 11) is 0. The van der Waals surface area contributed by atoms with Crippen LogP contribution in [0, 0.1) is 47.3 Å². The first-order valence-electron chi connectivity index (χ1n) is 5.45. The Hall–Kier alpha value is -0.0400. The maximum atomic E-state index is 10.1. The van der Waals surface area contributed by atoms with Crippen molar-refractivity contribution in [2.75, 3.05) is 0 Å². The molecule has 0 aromatic heterocycles. The van der Waals surface area contributed by atoms with Gasteiger partial charge in [-0.3, -0.25) is 0 Å². The summed E-state index contributed by atoms with van der Waals surface area (Å²) in [6.45, 7) is 0. The summed E-state index contributed by atoms with van der Waals surface area (Å²) in [5.41, 5.74) is 0. The molecule has 0 aliphatic heterocycles. The third kappa shape index (κ3) is 0.234. The molecule has 11 heavy (non-hydrogen) atoms. The Balaban J connectivity index is 1.86. The van der Waals surface area contributed by atoms with Crippen molar-refractivity contribution in [1.82, 2.24) is 0 Å². The van der Waals surface area contributed by atoms with Crippen LogP contribution in [-0.2, 0) is 0 Å². The third-order valence-corrected chi connectivity index (χ3v) is 5.75. The van der Waals surface area contributed by atoms with Crippen molar-refractivity contribution in [3.05, 3.63) is 0 Å². The van der Waals surface area contributed by atoms with Gasteiger partial charge in [-0.25, -0.2) is 0 Å². The number of aliphatic hydroxyl groups is 1. The van der Waals surface area contributed by atoms with Crippen molar-refractivity contribution >= 4 is 0 Å². The molecule has 4 bridgehead atoms. The lowest BCUT2D eigenvalue weighted by Gasteiger charge is -2.63. The van der Waals surface area contributed by atoms with E-state index in [1.807, 2.05) is 0 Å².